The SMILES string of the molecule is Cn1c(-c2cc3cc(F)c(F)nc3n2CC2CC2)nc2cc(C(=O)N3CCC[C@@H](N)C3)cnc21. The van der Waals surface area contributed by atoms with E-state index in [9.17, 15) is 13.6 Å². The number of likely N-dealkylation sites (tertiary alicyclic amines) is 1. The lowest BCUT2D eigenvalue weighted by Crippen LogP contribution is -2.45. The molecule has 0 unspecified atom stereocenters. The number of piperidine rings is 1. The van der Waals surface area contributed by atoms with Gasteiger partial charge in [-0.2, -0.15) is 9.37 Å². The van der Waals surface area contributed by atoms with Gasteiger partial charge in [-0.1, -0.05) is 0 Å². The fourth-order valence-corrected chi connectivity index (χ4v) is 4.86. The Balaban J connectivity index is 1.44. The van der Waals surface area contributed by atoms with Crippen molar-refractivity contribution in [2.24, 2.45) is 18.7 Å². The highest BCUT2D eigenvalue weighted by molar-refractivity contribution is 5.97. The van der Waals surface area contributed by atoms with Crippen LogP contribution in [0.2, 0.25) is 0 Å². The number of aryl methyl sites for hydroxylation is 1. The average molecular weight is 466 g/mol. The summed E-state index contributed by atoms with van der Waals surface area (Å²) in [5.41, 5.74) is 8.83. The van der Waals surface area contributed by atoms with Crippen LogP contribution in [0.15, 0.2) is 24.4 Å². The normalized spacial score (nSPS) is 18.8. The van der Waals surface area contributed by atoms with E-state index in [4.69, 9.17) is 10.7 Å². The van der Waals surface area contributed by atoms with E-state index >= 15 is 0 Å². The number of fused-ring (bicyclic) bond motifs is 2. The number of nitrogens with two attached hydrogens (primary N) is 1. The molecule has 176 valence electrons. The van der Waals surface area contributed by atoms with Crippen molar-refractivity contribution in [2.45, 2.75) is 38.3 Å². The molecule has 0 radical (unpaired) electrons. The molecule has 2 fully saturated rings. The molecule has 1 aliphatic carbocycles. The van der Waals surface area contributed by atoms with Gasteiger partial charge in [0.15, 0.2) is 17.3 Å². The van der Waals surface area contributed by atoms with Crippen LogP contribution >= 0.6 is 0 Å². The Morgan fingerprint density at radius 2 is 1.97 bits per heavy atom. The smallest absolute Gasteiger partial charge is 0.255 e. The first-order valence-corrected chi connectivity index (χ1v) is 11.6. The summed E-state index contributed by atoms with van der Waals surface area (Å²) in [5.74, 6) is -1.10. The first kappa shape index (κ1) is 21.2. The van der Waals surface area contributed by atoms with Gasteiger partial charge in [0.25, 0.3) is 11.9 Å². The van der Waals surface area contributed by atoms with Crippen molar-refractivity contribution in [2.75, 3.05) is 13.1 Å². The summed E-state index contributed by atoms with van der Waals surface area (Å²) in [6, 6.07) is 4.70. The third-order valence-electron chi connectivity index (χ3n) is 6.85. The van der Waals surface area contributed by atoms with Gasteiger partial charge in [-0.25, -0.2) is 14.4 Å². The highest BCUT2D eigenvalue weighted by Crippen LogP contribution is 2.36. The summed E-state index contributed by atoms with van der Waals surface area (Å²) in [5, 5.41) is 0.520. The van der Waals surface area contributed by atoms with E-state index < -0.39 is 11.8 Å². The number of hydrogen-bond donors (Lipinski definition) is 1. The number of amides is 1. The molecule has 0 spiro atoms. The van der Waals surface area contributed by atoms with Crippen LogP contribution in [0.5, 0.6) is 0 Å². The van der Waals surface area contributed by atoms with Gasteiger partial charge in [-0.3, -0.25) is 4.79 Å². The van der Waals surface area contributed by atoms with E-state index in [0.29, 0.717) is 59.1 Å². The van der Waals surface area contributed by atoms with Crippen LogP contribution in [0, 0.1) is 17.7 Å². The van der Waals surface area contributed by atoms with Gasteiger partial charge in [-0.15, -0.1) is 0 Å². The molecule has 1 saturated heterocycles. The van der Waals surface area contributed by atoms with E-state index in [-0.39, 0.29) is 11.9 Å². The maximum Gasteiger partial charge on any atom is 0.255 e. The summed E-state index contributed by atoms with van der Waals surface area (Å²) >= 11 is 0. The second-order valence-corrected chi connectivity index (χ2v) is 9.47. The largest absolute Gasteiger partial charge is 0.337 e. The molecule has 10 heteroatoms. The second kappa shape index (κ2) is 7.83. The molecule has 8 nitrogen and oxygen atoms in total. The van der Waals surface area contributed by atoms with Crippen molar-refractivity contribution in [3.63, 3.8) is 0 Å². The van der Waals surface area contributed by atoms with Gasteiger partial charge in [0.05, 0.1) is 11.3 Å². The van der Waals surface area contributed by atoms with Crippen molar-refractivity contribution in [3.05, 3.63) is 41.7 Å². The molecule has 0 aromatic carbocycles. The summed E-state index contributed by atoms with van der Waals surface area (Å²) < 4.78 is 31.6. The van der Waals surface area contributed by atoms with E-state index in [0.717, 1.165) is 31.4 Å². The lowest BCUT2D eigenvalue weighted by Gasteiger charge is -2.30. The van der Waals surface area contributed by atoms with E-state index in [1.54, 1.807) is 23.2 Å². The fraction of sp³-hybridized carbons (Fsp3) is 0.417. The Hall–Kier alpha value is -3.40. The number of nitrogens with zero attached hydrogens (tertiary/aromatic N) is 6. The van der Waals surface area contributed by atoms with Crippen molar-refractivity contribution < 1.29 is 13.6 Å². The van der Waals surface area contributed by atoms with Gasteiger partial charge < -0.3 is 19.8 Å². The standard InChI is InChI=1S/C24H25F2N7O/c1-31-22-18(8-15(10-28-22)24(34)32-6-2-3-16(27)12-32)29-23(31)19-9-14-7-17(25)20(26)30-21(14)33(19)11-13-4-5-13/h7-10,13,16H,2-6,11-12,27H2,1H3/t16-/m1/s1. The van der Waals surface area contributed by atoms with Gasteiger partial charge in [0.1, 0.15) is 11.2 Å². The Morgan fingerprint density at radius 1 is 1.15 bits per heavy atom. The third-order valence-corrected chi connectivity index (χ3v) is 6.85. The monoisotopic (exact) mass is 465 g/mol. The van der Waals surface area contributed by atoms with Crippen molar-refractivity contribution in [1.29, 1.82) is 0 Å². The molecule has 1 atom stereocenters. The topological polar surface area (TPSA) is 94.9 Å². The van der Waals surface area contributed by atoms with E-state index in [1.165, 1.54) is 6.07 Å². The number of carbonyl (C=O) groups is 1. The third kappa shape index (κ3) is 3.53. The molecular formula is C24H25F2N7O. The molecule has 34 heavy (non-hydrogen) atoms. The van der Waals surface area contributed by atoms with Crippen molar-refractivity contribution in [1.82, 2.24) is 29.0 Å². The molecule has 1 amide bonds. The zero-order valence-electron chi connectivity index (χ0n) is 18.8. The minimum Gasteiger partial charge on any atom is -0.337 e. The number of pyridine rings is 2. The Labute approximate surface area is 194 Å². The average Bonchev–Trinajstić information content (AvgIpc) is 3.51. The minimum atomic E-state index is -1.11. The van der Waals surface area contributed by atoms with Crippen LogP contribution in [0.1, 0.15) is 36.0 Å². The molecule has 6 rings (SSSR count). The Kier molecular flexibility index (Phi) is 4.87. The maximum absolute atomic E-state index is 14.0. The van der Waals surface area contributed by atoms with Crippen molar-refractivity contribution in [3.8, 4) is 11.5 Å². The predicted molar refractivity (Wildman–Crippen MR) is 123 cm³/mol. The quantitative estimate of drug-likeness (QED) is 0.467. The predicted octanol–water partition coefficient (Wildman–Crippen LogP) is 3.24. The first-order valence-electron chi connectivity index (χ1n) is 11.6. The number of hydrogen-bond acceptors (Lipinski definition) is 5. The molecule has 2 aliphatic rings. The molecule has 1 saturated carbocycles. The zero-order chi connectivity index (χ0) is 23.6. The van der Waals surface area contributed by atoms with Crippen LogP contribution in [0.3, 0.4) is 0 Å². The number of rotatable bonds is 4. The number of imidazole rings is 1. The Bertz CT molecular complexity index is 1440. The molecule has 5 heterocycles. The number of halogens is 2. The van der Waals surface area contributed by atoms with Gasteiger partial charge >= 0.3 is 0 Å². The molecule has 0 bridgehead atoms. The number of aromatic nitrogens is 5. The molecular weight excluding hydrogens is 440 g/mol. The lowest BCUT2D eigenvalue weighted by molar-refractivity contribution is 0.0708. The van der Waals surface area contributed by atoms with Crippen LogP contribution < -0.4 is 5.73 Å². The maximum atomic E-state index is 14.0. The highest BCUT2D eigenvalue weighted by atomic mass is 19.2. The molecule has 4 aromatic heterocycles. The summed E-state index contributed by atoms with van der Waals surface area (Å²) in [6.45, 7) is 1.87. The van der Waals surface area contributed by atoms with Gasteiger partial charge in [0, 0.05) is 44.3 Å². The van der Waals surface area contributed by atoms with E-state index in [1.807, 2.05) is 16.2 Å². The van der Waals surface area contributed by atoms with Crippen LogP contribution in [0.4, 0.5) is 8.78 Å². The summed E-state index contributed by atoms with van der Waals surface area (Å²) in [6.07, 6.45) is 5.57. The van der Waals surface area contributed by atoms with Gasteiger partial charge in [-0.05, 0) is 49.8 Å². The summed E-state index contributed by atoms with van der Waals surface area (Å²) in [7, 11) is 1.84. The van der Waals surface area contributed by atoms with E-state index in [2.05, 4.69) is 9.97 Å². The Morgan fingerprint density at radius 3 is 2.74 bits per heavy atom. The van der Waals surface area contributed by atoms with Gasteiger partial charge in [0.2, 0.25) is 0 Å². The second-order valence-electron chi connectivity index (χ2n) is 9.47. The van der Waals surface area contributed by atoms with Crippen LogP contribution in [0.25, 0.3) is 33.7 Å². The molecule has 4 aromatic rings. The first-order chi connectivity index (χ1) is 16.4. The highest BCUT2D eigenvalue weighted by Gasteiger charge is 2.27. The minimum absolute atomic E-state index is 0.00693. The fourth-order valence-electron chi connectivity index (χ4n) is 4.86. The summed E-state index contributed by atoms with van der Waals surface area (Å²) in [4.78, 5) is 28.0. The van der Waals surface area contributed by atoms with Crippen LogP contribution in [-0.4, -0.2) is 54.0 Å². The molecule has 2 N–H and O–H groups in total. The van der Waals surface area contributed by atoms with Crippen LogP contribution in [-0.2, 0) is 13.6 Å². The number of carbonyl (C=O) groups excluding carboxylic acids is 1. The zero-order valence-corrected chi connectivity index (χ0v) is 18.8. The lowest BCUT2D eigenvalue weighted by atomic mass is 10.1. The molecule has 1 aliphatic heterocycles. The van der Waals surface area contributed by atoms with Crippen molar-refractivity contribution >= 4 is 28.1 Å².